The van der Waals surface area contributed by atoms with Crippen LogP contribution in [0.5, 0.6) is 5.75 Å². The third-order valence-electron chi connectivity index (χ3n) is 7.29. The van der Waals surface area contributed by atoms with E-state index in [4.69, 9.17) is 15.2 Å². The van der Waals surface area contributed by atoms with E-state index in [0.717, 1.165) is 27.9 Å². The molecule has 4 rings (SSSR count). The lowest BCUT2D eigenvalue weighted by atomic mass is 9.94. The molecule has 0 unspecified atom stereocenters. The number of rotatable bonds is 10. The van der Waals surface area contributed by atoms with Gasteiger partial charge in [0, 0.05) is 26.6 Å². The molecule has 2 amide bonds. The first-order valence-corrected chi connectivity index (χ1v) is 13.9. The van der Waals surface area contributed by atoms with Crippen molar-refractivity contribution in [3.05, 3.63) is 53.6 Å². The molecule has 41 heavy (non-hydrogen) atoms. The summed E-state index contributed by atoms with van der Waals surface area (Å²) in [4.78, 5) is 41.3. The molecule has 2 heterocycles. The van der Waals surface area contributed by atoms with Gasteiger partial charge in [-0.25, -0.2) is 9.48 Å². The summed E-state index contributed by atoms with van der Waals surface area (Å²) in [5.41, 5.74) is 8.95. The predicted molar refractivity (Wildman–Crippen MR) is 154 cm³/mol. The first-order valence-electron chi connectivity index (χ1n) is 13.9. The Balaban J connectivity index is 1.49. The number of aromatic nitrogens is 3. The number of ketones is 1. The van der Waals surface area contributed by atoms with Crippen LogP contribution in [0.4, 0.5) is 4.79 Å². The number of fused-ring (bicyclic) bond motifs is 1. The summed E-state index contributed by atoms with van der Waals surface area (Å²) in [7, 11) is 3.45. The number of carbonyl (C=O) groups excluding carboxylic acids is 3. The van der Waals surface area contributed by atoms with Crippen LogP contribution in [0.1, 0.15) is 44.7 Å². The Bertz CT molecular complexity index is 1380. The van der Waals surface area contributed by atoms with Crippen molar-refractivity contribution in [1.82, 2.24) is 25.2 Å². The highest BCUT2D eigenvalue weighted by molar-refractivity contribution is 5.93. The minimum absolute atomic E-state index is 0.0251. The van der Waals surface area contributed by atoms with E-state index in [1.165, 1.54) is 0 Å². The first-order chi connectivity index (χ1) is 19.5. The number of carbonyl (C=O) groups is 3. The maximum atomic E-state index is 13.7. The van der Waals surface area contributed by atoms with Crippen molar-refractivity contribution in [2.24, 2.45) is 18.7 Å². The summed E-state index contributed by atoms with van der Waals surface area (Å²) in [6, 6.07) is 12.0. The maximum Gasteiger partial charge on any atom is 0.408 e. The minimum Gasteiger partial charge on any atom is -0.497 e. The molecule has 3 aromatic rings. The van der Waals surface area contributed by atoms with Crippen LogP contribution in [-0.4, -0.2) is 75.6 Å². The summed E-state index contributed by atoms with van der Waals surface area (Å²) < 4.78 is 12.3. The van der Waals surface area contributed by atoms with Crippen LogP contribution in [-0.2, 0) is 34.2 Å². The molecular formula is C30H40N6O5. The molecule has 1 fully saturated rings. The SMILES string of the molecule is COc1ccc(C[C@@H]2C[C@@H](C(=O)CCc3ccc4c(c3)nnn4C)N(C(=O)[C@@H](CN)NC(=O)OC(C)(C)C)C2)cc1. The zero-order valence-corrected chi connectivity index (χ0v) is 24.4. The summed E-state index contributed by atoms with van der Waals surface area (Å²) in [6.07, 6.45) is 1.29. The highest BCUT2D eigenvalue weighted by Crippen LogP contribution is 2.29. The lowest BCUT2D eigenvalue weighted by Gasteiger charge is -2.29. The quantitative estimate of drug-likeness (QED) is 0.383. The molecule has 3 N–H and O–H groups in total. The molecule has 11 nitrogen and oxygen atoms in total. The average molecular weight is 565 g/mol. The fourth-order valence-corrected chi connectivity index (χ4v) is 5.26. The number of hydrogen-bond acceptors (Lipinski definition) is 8. The Morgan fingerprint density at radius 1 is 1.12 bits per heavy atom. The number of amides is 2. The molecule has 0 saturated carbocycles. The molecule has 0 bridgehead atoms. The zero-order valence-electron chi connectivity index (χ0n) is 24.4. The van der Waals surface area contributed by atoms with Gasteiger partial charge in [-0.1, -0.05) is 23.4 Å². The second-order valence-electron chi connectivity index (χ2n) is 11.6. The van der Waals surface area contributed by atoms with Gasteiger partial charge in [0.05, 0.1) is 18.7 Å². The van der Waals surface area contributed by atoms with Crippen LogP contribution in [0.3, 0.4) is 0 Å². The summed E-state index contributed by atoms with van der Waals surface area (Å²) in [6.45, 7) is 5.50. The van der Waals surface area contributed by atoms with Gasteiger partial charge in [-0.15, -0.1) is 5.10 Å². The highest BCUT2D eigenvalue weighted by atomic mass is 16.6. The second-order valence-corrected chi connectivity index (χ2v) is 11.6. The average Bonchev–Trinajstić information content (AvgIpc) is 3.52. The predicted octanol–water partition coefficient (Wildman–Crippen LogP) is 2.79. The monoisotopic (exact) mass is 564 g/mol. The van der Waals surface area contributed by atoms with Crippen molar-refractivity contribution >= 4 is 28.8 Å². The molecule has 2 aromatic carbocycles. The molecule has 0 aliphatic carbocycles. The first kappa shape index (κ1) is 30.0. The molecule has 0 spiro atoms. The van der Waals surface area contributed by atoms with Gasteiger partial charge in [0.2, 0.25) is 5.91 Å². The van der Waals surface area contributed by atoms with Crippen molar-refractivity contribution in [2.75, 3.05) is 20.2 Å². The molecule has 0 radical (unpaired) electrons. The Labute approximate surface area is 240 Å². The van der Waals surface area contributed by atoms with E-state index in [1.54, 1.807) is 37.5 Å². The topological polar surface area (TPSA) is 142 Å². The van der Waals surface area contributed by atoms with Crippen LogP contribution in [0, 0.1) is 5.92 Å². The Morgan fingerprint density at radius 3 is 2.49 bits per heavy atom. The van der Waals surface area contributed by atoms with Crippen LogP contribution in [0.25, 0.3) is 11.0 Å². The zero-order chi connectivity index (χ0) is 29.7. The van der Waals surface area contributed by atoms with E-state index < -0.39 is 23.8 Å². The Kier molecular flexibility index (Phi) is 9.27. The van der Waals surface area contributed by atoms with Gasteiger partial charge < -0.3 is 25.4 Å². The number of aryl methyl sites for hydroxylation is 2. The third-order valence-corrected chi connectivity index (χ3v) is 7.29. The number of nitrogens with one attached hydrogen (secondary N) is 1. The van der Waals surface area contributed by atoms with E-state index in [2.05, 4.69) is 15.6 Å². The van der Waals surface area contributed by atoms with Crippen molar-refractivity contribution in [3.63, 3.8) is 0 Å². The number of hydrogen-bond donors (Lipinski definition) is 2. The van der Waals surface area contributed by atoms with E-state index in [9.17, 15) is 14.4 Å². The van der Waals surface area contributed by atoms with E-state index in [1.807, 2.05) is 49.5 Å². The number of ether oxygens (including phenoxy) is 2. The van der Waals surface area contributed by atoms with Crippen LogP contribution in [0.2, 0.25) is 0 Å². The van der Waals surface area contributed by atoms with Crippen LogP contribution >= 0.6 is 0 Å². The van der Waals surface area contributed by atoms with Crippen molar-refractivity contribution in [2.45, 2.75) is 64.1 Å². The summed E-state index contributed by atoms with van der Waals surface area (Å²) in [5, 5.41) is 10.8. The Morgan fingerprint density at radius 2 is 1.83 bits per heavy atom. The highest BCUT2D eigenvalue weighted by Gasteiger charge is 2.41. The maximum absolute atomic E-state index is 13.7. The minimum atomic E-state index is -1.00. The van der Waals surface area contributed by atoms with Crippen molar-refractivity contribution in [1.29, 1.82) is 0 Å². The normalized spacial score (nSPS) is 17.9. The number of Topliss-reactive ketones (excluding diaryl/α,β-unsaturated/α-hetero) is 1. The number of methoxy groups -OCH3 is 1. The fourth-order valence-electron chi connectivity index (χ4n) is 5.26. The second kappa shape index (κ2) is 12.7. The number of likely N-dealkylation sites (tertiary alicyclic amines) is 1. The third kappa shape index (κ3) is 7.60. The molecule has 11 heteroatoms. The fraction of sp³-hybridized carbons (Fsp3) is 0.500. The van der Waals surface area contributed by atoms with Gasteiger partial charge >= 0.3 is 6.09 Å². The number of nitrogens with zero attached hydrogens (tertiary/aromatic N) is 4. The van der Waals surface area contributed by atoms with Crippen LogP contribution < -0.4 is 15.8 Å². The Hall–Kier alpha value is -3.99. The van der Waals surface area contributed by atoms with Crippen molar-refractivity contribution < 1.29 is 23.9 Å². The number of alkyl carbamates (subject to hydrolysis) is 1. The van der Waals surface area contributed by atoms with Gasteiger partial charge in [0.15, 0.2) is 5.78 Å². The number of benzene rings is 2. The summed E-state index contributed by atoms with van der Waals surface area (Å²) in [5.74, 6) is 0.429. The molecule has 3 atom stereocenters. The molecular weight excluding hydrogens is 524 g/mol. The molecule has 1 saturated heterocycles. The van der Waals surface area contributed by atoms with Crippen molar-refractivity contribution in [3.8, 4) is 5.75 Å². The lowest BCUT2D eigenvalue weighted by Crippen LogP contribution is -2.55. The molecule has 1 aromatic heterocycles. The van der Waals surface area contributed by atoms with E-state index >= 15 is 0 Å². The number of nitrogens with two attached hydrogens (primary N) is 1. The standard InChI is InChI=1S/C30H40N6O5/c1-30(2,3)41-29(39)32-24(17-31)28(38)36-18-21(14-19-6-10-22(40-5)11-7-19)16-26(36)27(37)13-9-20-8-12-25-23(15-20)33-34-35(25)4/h6-8,10-12,15,21,24,26H,9,13-14,16-18,31H2,1-5H3,(H,32,39)/t21-,24-,26+/m1/s1. The largest absolute Gasteiger partial charge is 0.497 e. The lowest BCUT2D eigenvalue weighted by molar-refractivity contribution is -0.139. The van der Waals surface area contributed by atoms with E-state index in [-0.39, 0.29) is 30.6 Å². The summed E-state index contributed by atoms with van der Waals surface area (Å²) >= 11 is 0. The molecule has 220 valence electrons. The van der Waals surface area contributed by atoms with Gasteiger partial charge in [0.25, 0.3) is 0 Å². The molecule has 1 aliphatic rings. The van der Waals surface area contributed by atoms with E-state index in [0.29, 0.717) is 25.8 Å². The van der Waals surface area contributed by atoms with Gasteiger partial charge in [0.1, 0.15) is 22.9 Å². The van der Waals surface area contributed by atoms with Gasteiger partial charge in [-0.2, -0.15) is 0 Å². The van der Waals surface area contributed by atoms with Gasteiger partial charge in [-0.3, -0.25) is 9.59 Å². The molecule has 1 aliphatic heterocycles. The van der Waals surface area contributed by atoms with Crippen LogP contribution in [0.15, 0.2) is 42.5 Å². The smallest absolute Gasteiger partial charge is 0.408 e. The van der Waals surface area contributed by atoms with Gasteiger partial charge in [-0.05, 0) is 81.3 Å².